The van der Waals surface area contributed by atoms with Crippen molar-refractivity contribution in [2.24, 2.45) is 5.92 Å². The summed E-state index contributed by atoms with van der Waals surface area (Å²) < 4.78 is 27.9. The first-order chi connectivity index (χ1) is 8.49. The standard InChI is InChI=1S/C13H18BrNO2S/c1-10-8-12(6-7-13(10)14)18(16,17)15-9-11-4-2-3-5-11/h6-8,11,15H,2-5,9H2,1H3. The Hall–Kier alpha value is -0.390. The number of sulfonamides is 1. The summed E-state index contributed by atoms with van der Waals surface area (Å²) in [6.45, 7) is 2.46. The van der Waals surface area contributed by atoms with Crippen LogP contribution in [0.5, 0.6) is 0 Å². The Morgan fingerprint density at radius 2 is 2.00 bits per heavy atom. The number of hydrogen-bond donors (Lipinski definition) is 1. The highest BCUT2D eigenvalue weighted by Gasteiger charge is 2.19. The highest BCUT2D eigenvalue weighted by atomic mass is 79.9. The Morgan fingerprint density at radius 3 is 2.61 bits per heavy atom. The molecule has 1 N–H and O–H groups in total. The van der Waals surface area contributed by atoms with Gasteiger partial charge in [0, 0.05) is 11.0 Å². The van der Waals surface area contributed by atoms with Gasteiger partial charge in [-0.2, -0.15) is 0 Å². The normalized spacial score (nSPS) is 17.2. The van der Waals surface area contributed by atoms with Crippen LogP contribution in [0.4, 0.5) is 0 Å². The number of hydrogen-bond acceptors (Lipinski definition) is 2. The molecule has 0 aliphatic heterocycles. The van der Waals surface area contributed by atoms with Crippen molar-refractivity contribution in [3.05, 3.63) is 28.2 Å². The molecule has 0 amide bonds. The van der Waals surface area contributed by atoms with E-state index in [0.717, 1.165) is 22.9 Å². The van der Waals surface area contributed by atoms with Crippen molar-refractivity contribution in [3.63, 3.8) is 0 Å². The first-order valence-electron chi connectivity index (χ1n) is 6.25. The number of nitrogens with one attached hydrogen (secondary N) is 1. The predicted molar refractivity (Wildman–Crippen MR) is 76.0 cm³/mol. The lowest BCUT2D eigenvalue weighted by molar-refractivity contribution is 0.519. The number of halogens is 1. The minimum absolute atomic E-state index is 0.348. The van der Waals surface area contributed by atoms with Crippen LogP contribution in [-0.4, -0.2) is 15.0 Å². The largest absolute Gasteiger partial charge is 0.240 e. The fourth-order valence-corrected chi connectivity index (χ4v) is 3.76. The van der Waals surface area contributed by atoms with Crippen molar-refractivity contribution in [1.29, 1.82) is 0 Å². The summed E-state index contributed by atoms with van der Waals surface area (Å²) in [5.74, 6) is 0.510. The molecule has 1 aliphatic rings. The molecule has 1 aromatic rings. The summed E-state index contributed by atoms with van der Waals surface area (Å²) in [7, 11) is -3.36. The van der Waals surface area contributed by atoms with Gasteiger partial charge in [0.1, 0.15) is 0 Å². The molecule has 18 heavy (non-hydrogen) atoms. The monoisotopic (exact) mass is 331 g/mol. The molecule has 1 fully saturated rings. The summed E-state index contributed by atoms with van der Waals surface area (Å²) in [5, 5.41) is 0. The second-order valence-corrected chi connectivity index (χ2v) is 7.53. The molecule has 1 aliphatic carbocycles. The lowest BCUT2D eigenvalue weighted by Crippen LogP contribution is -2.28. The van der Waals surface area contributed by atoms with Crippen molar-refractivity contribution in [3.8, 4) is 0 Å². The molecule has 0 bridgehead atoms. The lowest BCUT2D eigenvalue weighted by atomic mass is 10.1. The van der Waals surface area contributed by atoms with Gasteiger partial charge in [-0.05, 0) is 49.4 Å². The average molecular weight is 332 g/mol. The first-order valence-corrected chi connectivity index (χ1v) is 8.52. The first kappa shape index (κ1) is 14.0. The zero-order chi connectivity index (χ0) is 13.2. The summed E-state index contributed by atoms with van der Waals surface area (Å²) in [4.78, 5) is 0.348. The van der Waals surface area contributed by atoms with Gasteiger partial charge in [-0.15, -0.1) is 0 Å². The highest BCUT2D eigenvalue weighted by molar-refractivity contribution is 9.10. The summed E-state index contributed by atoms with van der Waals surface area (Å²) >= 11 is 3.37. The Morgan fingerprint density at radius 1 is 1.33 bits per heavy atom. The molecule has 1 saturated carbocycles. The van der Waals surface area contributed by atoms with Gasteiger partial charge < -0.3 is 0 Å². The number of benzene rings is 1. The minimum Gasteiger partial charge on any atom is -0.211 e. The molecule has 0 unspecified atom stereocenters. The van der Waals surface area contributed by atoms with Crippen molar-refractivity contribution in [1.82, 2.24) is 4.72 Å². The van der Waals surface area contributed by atoms with Crippen LogP contribution < -0.4 is 4.72 Å². The van der Waals surface area contributed by atoms with Crippen LogP contribution in [0.3, 0.4) is 0 Å². The van der Waals surface area contributed by atoms with Gasteiger partial charge in [-0.1, -0.05) is 28.8 Å². The van der Waals surface area contributed by atoms with Gasteiger partial charge >= 0.3 is 0 Å². The molecule has 0 radical (unpaired) electrons. The molecule has 0 saturated heterocycles. The van der Waals surface area contributed by atoms with Crippen LogP contribution in [0.1, 0.15) is 31.2 Å². The van der Waals surface area contributed by atoms with E-state index in [0.29, 0.717) is 17.4 Å². The Labute approximate surface area is 117 Å². The molecule has 5 heteroatoms. The van der Waals surface area contributed by atoms with Crippen LogP contribution in [0, 0.1) is 12.8 Å². The lowest BCUT2D eigenvalue weighted by Gasteiger charge is -2.12. The van der Waals surface area contributed by atoms with Crippen LogP contribution in [0.15, 0.2) is 27.6 Å². The second kappa shape index (κ2) is 5.72. The van der Waals surface area contributed by atoms with E-state index in [1.54, 1.807) is 18.2 Å². The molecule has 0 aromatic heterocycles. The van der Waals surface area contributed by atoms with Gasteiger partial charge in [0.05, 0.1) is 4.90 Å². The van der Waals surface area contributed by atoms with E-state index in [-0.39, 0.29) is 0 Å². The van der Waals surface area contributed by atoms with E-state index in [1.165, 1.54) is 12.8 Å². The van der Waals surface area contributed by atoms with Crippen molar-refractivity contribution >= 4 is 26.0 Å². The van der Waals surface area contributed by atoms with Crippen molar-refractivity contribution < 1.29 is 8.42 Å². The second-order valence-electron chi connectivity index (χ2n) is 4.91. The molecule has 2 rings (SSSR count). The predicted octanol–water partition coefficient (Wildman–Crippen LogP) is 3.23. The van der Waals surface area contributed by atoms with Crippen molar-refractivity contribution in [2.45, 2.75) is 37.5 Å². The van der Waals surface area contributed by atoms with Gasteiger partial charge in [0.15, 0.2) is 0 Å². The van der Waals surface area contributed by atoms with Gasteiger partial charge in [-0.25, -0.2) is 13.1 Å². The van der Waals surface area contributed by atoms with Crippen molar-refractivity contribution in [2.75, 3.05) is 6.54 Å². The maximum Gasteiger partial charge on any atom is 0.240 e. The van der Waals surface area contributed by atoms with Crippen LogP contribution >= 0.6 is 15.9 Å². The molecule has 0 atom stereocenters. The van der Waals surface area contributed by atoms with E-state index in [9.17, 15) is 8.42 Å². The third-order valence-corrected chi connectivity index (χ3v) is 5.79. The Kier molecular flexibility index (Phi) is 4.45. The van der Waals surface area contributed by atoms with E-state index >= 15 is 0 Å². The summed E-state index contributed by atoms with van der Waals surface area (Å²) in [6.07, 6.45) is 4.73. The minimum atomic E-state index is -3.36. The Bertz CT molecular complexity index is 522. The zero-order valence-electron chi connectivity index (χ0n) is 10.4. The smallest absolute Gasteiger partial charge is 0.211 e. The van der Waals surface area contributed by atoms with Crippen LogP contribution in [0.2, 0.25) is 0 Å². The molecular formula is C13H18BrNO2S. The molecule has 1 aromatic carbocycles. The third-order valence-electron chi connectivity index (χ3n) is 3.48. The topological polar surface area (TPSA) is 46.2 Å². The fourth-order valence-electron chi connectivity index (χ4n) is 2.31. The van der Waals surface area contributed by atoms with Gasteiger partial charge in [0.25, 0.3) is 0 Å². The SMILES string of the molecule is Cc1cc(S(=O)(=O)NCC2CCCC2)ccc1Br. The quantitative estimate of drug-likeness (QED) is 0.920. The fraction of sp³-hybridized carbons (Fsp3) is 0.538. The maximum atomic E-state index is 12.1. The van der Waals surface area contributed by atoms with Crippen LogP contribution in [0.25, 0.3) is 0 Å². The summed E-state index contributed by atoms with van der Waals surface area (Å²) in [6, 6.07) is 5.11. The number of aryl methyl sites for hydroxylation is 1. The summed E-state index contributed by atoms with van der Waals surface area (Å²) in [5.41, 5.74) is 0.929. The van der Waals surface area contributed by atoms with E-state index < -0.39 is 10.0 Å². The van der Waals surface area contributed by atoms with E-state index in [4.69, 9.17) is 0 Å². The maximum absolute atomic E-state index is 12.1. The van der Waals surface area contributed by atoms with Gasteiger partial charge in [0.2, 0.25) is 10.0 Å². The van der Waals surface area contributed by atoms with Gasteiger partial charge in [-0.3, -0.25) is 0 Å². The molecule has 0 heterocycles. The molecule has 3 nitrogen and oxygen atoms in total. The average Bonchev–Trinajstić information content (AvgIpc) is 2.83. The molecular weight excluding hydrogens is 314 g/mol. The van der Waals surface area contributed by atoms with Crippen LogP contribution in [-0.2, 0) is 10.0 Å². The third kappa shape index (κ3) is 3.33. The van der Waals surface area contributed by atoms with E-state index in [2.05, 4.69) is 20.7 Å². The molecule has 100 valence electrons. The van der Waals surface area contributed by atoms with E-state index in [1.807, 2.05) is 6.92 Å². The highest BCUT2D eigenvalue weighted by Crippen LogP contribution is 2.25. The molecule has 0 spiro atoms. The zero-order valence-corrected chi connectivity index (χ0v) is 12.9. The number of rotatable bonds is 4. The Balaban J connectivity index is 2.07.